The Labute approximate surface area is 312 Å². The predicted octanol–water partition coefficient (Wildman–Crippen LogP) is 5.46. The van der Waals surface area contributed by atoms with Gasteiger partial charge in [-0.05, 0) is 126 Å². The van der Waals surface area contributed by atoms with E-state index >= 15 is 0 Å². The van der Waals surface area contributed by atoms with Gasteiger partial charge in [0.15, 0.2) is 20.4 Å². The average Bonchev–Trinajstić information content (AvgIpc) is 3.53. The van der Waals surface area contributed by atoms with E-state index in [2.05, 4.69) is 68.6 Å². The SMILES string of the molecule is CCCN1CCCCNC1=S.CCCN1CCCCNC1=S.CCCN1CCCCNC1=S.CCCN1CCCCNC1=S.[Pt]. The molecule has 0 radical (unpaired) electrons. The first-order chi connectivity index (χ1) is 21.4. The van der Waals surface area contributed by atoms with Crippen LogP contribution in [0.3, 0.4) is 0 Å². The molecular weight excluding hydrogens is 820 g/mol. The molecule has 0 saturated carbocycles. The summed E-state index contributed by atoms with van der Waals surface area (Å²) in [5, 5.41) is 16.7. The average molecular weight is 884 g/mol. The summed E-state index contributed by atoms with van der Waals surface area (Å²) < 4.78 is 0. The Bertz CT molecular complexity index is 679. The van der Waals surface area contributed by atoms with Crippen molar-refractivity contribution in [2.45, 2.75) is 105 Å². The van der Waals surface area contributed by atoms with Gasteiger partial charge in [0.2, 0.25) is 0 Å². The van der Waals surface area contributed by atoms with Crippen molar-refractivity contribution < 1.29 is 21.1 Å². The van der Waals surface area contributed by atoms with Crippen molar-refractivity contribution in [3.8, 4) is 0 Å². The summed E-state index contributed by atoms with van der Waals surface area (Å²) in [5.74, 6) is 0. The van der Waals surface area contributed by atoms with Gasteiger partial charge in [-0.25, -0.2) is 0 Å². The van der Waals surface area contributed by atoms with Gasteiger partial charge in [0.25, 0.3) is 0 Å². The van der Waals surface area contributed by atoms with Crippen LogP contribution in [0.1, 0.15) is 105 Å². The second-order valence-corrected chi connectivity index (χ2v) is 13.3. The molecule has 0 aromatic carbocycles. The minimum Gasteiger partial charge on any atom is -0.363 e. The Morgan fingerprint density at radius 1 is 0.400 bits per heavy atom. The zero-order chi connectivity index (χ0) is 32.4. The summed E-state index contributed by atoms with van der Waals surface area (Å²) in [6, 6.07) is 0. The zero-order valence-electron chi connectivity index (χ0n) is 28.7. The van der Waals surface area contributed by atoms with Crippen LogP contribution in [0.15, 0.2) is 0 Å². The summed E-state index contributed by atoms with van der Waals surface area (Å²) >= 11 is 20.8. The molecule has 13 heteroatoms. The van der Waals surface area contributed by atoms with E-state index in [1.807, 2.05) is 0 Å². The Morgan fingerprint density at radius 3 is 0.778 bits per heavy atom. The molecule has 0 aliphatic carbocycles. The first-order valence-electron chi connectivity index (χ1n) is 17.5. The van der Waals surface area contributed by atoms with Crippen LogP contribution < -0.4 is 21.3 Å². The van der Waals surface area contributed by atoms with Crippen molar-refractivity contribution in [1.82, 2.24) is 40.9 Å². The monoisotopic (exact) mass is 883 g/mol. The summed E-state index contributed by atoms with van der Waals surface area (Å²) in [5.41, 5.74) is 0. The Morgan fingerprint density at radius 2 is 0.600 bits per heavy atom. The third-order valence-electron chi connectivity index (χ3n) is 7.65. The summed E-state index contributed by atoms with van der Waals surface area (Å²) in [6.07, 6.45) is 14.8. The van der Waals surface area contributed by atoms with Crippen LogP contribution in [-0.4, -0.2) is 119 Å². The van der Waals surface area contributed by atoms with Gasteiger partial charge in [-0.3, -0.25) is 0 Å². The molecule has 0 spiro atoms. The molecule has 266 valence electrons. The molecule has 4 fully saturated rings. The van der Waals surface area contributed by atoms with Crippen molar-refractivity contribution >= 4 is 69.3 Å². The number of thiocarbonyl (C=S) groups is 4. The van der Waals surface area contributed by atoms with Crippen LogP contribution >= 0.6 is 48.9 Å². The normalized spacial score (nSPS) is 18.9. The number of nitrogens with one attached hydrogen (secondary N) is 4. The van der Waals surface area contributed by atoms with Crippen LogP contribution in [0, 0.1) is 0 Å². The van der Waals surface area contributed by atoms with Gasteiger partial charge < -0.3 is 40.9 Å². The minimum absolute atomic E-state index is 0. The number of hydrogen-bond donors (Lipinski definition) is 4. The van der Waals surface area contributed by atoms with Gasteiger partial charge in [-0.1, -0.05) is 27.7 Å². The molecule has 4 heterocycles. The van der Waals surface area contributed by atoms with E-state index in [-0.39, 0.29) is 21.1 Å². The van der Waals surface area contributed by atoms with Crippen LogP contribution in [-0.2, 0) is 21.1 Å². The quantitative estimate of drug-likeness (QED) is 0.235. The maximum absolute atomic E-state index is 5.19. The Balaban J connectivity index is 0.000000569. The fraction of sp³-hybridized carbons (Fsp3) is 0.875. The minimum atomic E-state index is 0. The molecule has 0 aromatic heterocycles. The van der Waals surface area contributed by atoms with E-state index < -0.39 is 0 Å². The smallest absolute Gasteiger partial charge is 0.168 e. The molecule has 0 bridgehead atoms. The molecule has 4 aliphatic rings. The van der Waals surface area contributed by atoms with Crippen molar-refractivity contribution in [2.24, 2.45) is 0 Å². The standard InChI is InChI=1S/4C8H16N2S.Pt/c4*1-2-6-10-7-4-3-5-9-8(10)11;/h4*2-7H2,1H3,(H,9,11);. The summed E-state index contributed by atoms with van der Waals surface area (Å²) in [4.78, 5) is 9.06. The Hall–Kier alpha value is -0.552. The molecule has 0 atom stereocenters. The molecule has 0 unspecified atom stereocenters. The molecule has 4 rings (SSSR count). The van der Waals surface area contributed by atoms with E-state index in [4.69, 9.17) is 48.9 Å². The third kappa shape index (κ3) is 21.1. The predicted molar refractivity (Wildman–Crippen MR) is 207 cm³/mol. The molecule has 4 saturated heterocycles. The van der Waals surface area contributed by atoms with Gasteiger partial charge in [-0.15, -0.1) is 0 Å². The first kappa shape index (κ1) is 44.4. The van der Waals surface area contributed by atoms with Gasteiger partial charge in [0.1, 0.15) is 0 Å². The van der Waals surface area contributed by atoms with Gasteiger partial charge in [0, 0.05) is 99.6 Å². The van der Waals surface area contributed by atoms with Crippen molar-refractivity contribution in [3.63, 3.8) is 0 Å². The number of nitrogens with zero attached hydrogens (tertiary/aromatic N) is 4. The first-order valence-corrected chi connectivity index (χ1v) is 19.1. The van der Waals surface area contributed by atoms with Gasteiger partial charge in [0.05, 0.1) is 0 Å². The largest absolute Gasteiger partial charge is 0.363 e. The molecule has 0 aromatic rings. The van der Waals surface area contributed by atoms with Crippen LogP contribution in [0.5, 0.6) is 0 Å². The second kappa shape index (κ2) is 29.6. The maximum Gasteiger partial charge on any atom is 0.168 e. The maximum atomic E-state index is 5.19. The molecular formula is C32H64N8PtS4. The van der Waals surface area contributed by atoms with E-state index in [1.54, 1.807) is 0 Å². The molecule has 4 aliphatic heterocycles. The number of hydrogen-bond acceptors (Lipinski definition) is 4. The van der Waals surface area contributed by atoms with Crippen LogP contribution in [0.4, 0.5) is 0 Å². The van der Waals surface area contributed by atoms with E-state index in [1.165, 1.54) is 77.0 Å². The van der Waals surface area contributed by atoms with Crippen LogP contribution in [0.2, 0.25) is 0 Å². The van der Waals surface area contributed by atoms with E-state index in [0.29, 0.717) is 0 Å². The van der Waals surface area contributed by atoms with E-state index in [0.717, 1.165) is 99.0 Å². The molecule has 8 nitrogen and oxygen atoms in total. The summed E-state index contributed by atoms with van der Waals surface area (Å²) in [6.45, 7) is 21.9. The van der Waals surface area contributed by atoms with Crippen molar-refractivity contribution in [2.75, 3.05) is 78.5 Å². The van der Waals surface area contributed by atoms with E-state index in [9.17, 15) is 0 Å². The Kier molecular flexibility index (Phi) is 29.2. The number of rotatable bonds is 8. The summed E-state index contributed by atoms with van der Waals surface area (Å²) in [7, 11) is 0. The van der Waals surface area contributed by atoms with Crippen molar-refractivity contribution in [1.29, 1.82) is 0 Å². The van der Waals surface area contributed by atoms with Gasteiger partial charge in [-0.2, -0.15) is 0 Å². The fourth-order valence-electron chi connectivity index (χ4n) is 5.28. The van der Waals surface area contributed by atoms with Gasteiger partial charge >= 0.3 is 0 Å². The third-order valence-corrected chi connectivity index (χ3v) is 9.26. The van der Waals surface area contributed by atoms with Crippen molar-refractivity contribution in [3.05, 3.63) is 0 Å². The van der Waals surface area contributed by atoms with Crippen LogP contribution in [0.25, 0.3) is 0 Å². The second-order valence-electron chi connectivity index (χ2n) is 11.7. The fourth-order valence-corrected chi connectivity index (χ4v) is 6.42. The molecule has 45 heavy (non-hydrogen) atoms. The zero-order valence-corrected chi connectivity index (χ0v) is 34.2. The molecule has 0 amide bonds. The molecule has 4 N–H and O–H groups in total. The topological polar surface area (TPSA) is 61.1 Å².